The van der Waals surface area contributed by atoms with Crippen LogP contribution in [0.4, 0.5) is 4.39 Å². The molecule has 130 valence electrons. The number of hydrogen-bond acceptors (Lipinski definition) is 6. The first-order chi connectivity index (χ1) is 12.1. The van der Waals surface area contributed by atoms with Gasteiger partial charge in [-0.05, 0) is 37.3 Å². The molecule has 3 rings (SSSR count). The Hall–Kier alpha value is -2.52. The van der Waals surface area contributed by atoms with Crippen molar-refractivity contribution >= 4 is 10.8 Å². The number of halogens is 1. The lowest BCUT2D eigenvalue weighted by Gasteiger charge is -2.08. The molecule has 0 amide bonds. The smallest absolute Gasteiger partial charge is 0.218 e. The number of rotatable bonds is 6. The van der Waals surface area contributed by atoms with Crippen LogP contribution in [0.15, 0.2) is 41.7 Å². The minimum absolute atomic E-state index is 0.189. The molecule has 0 saturated carbocycles. The average Bonchev–Trinajstić information content (AvgIpc) is 3.04. The molecule has 0 aliphatic rings. The molecular weight excluding hydrogens is 345 g/mol. The fourth-order valence-electron chi connectivity index (χ4n) is 2.25. The summed E-state index contributed by atoms with van der Waals surface area (Å²) in [7, 11) is -1.32. The lowest BCUT2D eigenvalue weighted by molar-refractivity contribution is 0.0790. The van der Waals surface area contributed by atoms with E-state index in [9.17, 15) is 8.60 Å². The summed E-state index contributed by atoms with van der Waals surface area (Å²) in [4.78, 5) is 8.36. The molecule has 9 heteroatoms. The molecule has 0 aliphatic carbocycles. The quantitative estimate of drug-likeness (QED) is 0.627. The minimum atomic E-state index is -1.32. The molecule has 1 unspecified atom stereocenters. The third-order valence-electron chi connectivity index (χ3n) is 3.40. The Morgan fingerprint density at radius 1 is 1.24 bits per heavy atom. The Kier molecular flexibility index (Phi) is 5.25. The zero-order valence-corrected chi connectivity index (χ0v) is 14.5. The predicted octanol–water partition coefficient (Wildman–Crippen LogP) is 2.27. The van der Waals surface area contributed by atoms with Gasteiger partial charge in [-0.25, -0.2) is 19.0 Å². The third-order valence-corrected chi connectivity index (χ3v) is 4.11. The van der Waals surface area contributed by atoms with Crippen LogP contribution >= 0.6 is 0 Å². The van der Waals surface area contributed by atoms with E-state index in [0.29, 0.717) is 29.3 Å². The van der Waals surface area contributed by atoms with Crippen molar-refractivity contribution in [3.05, 3.63) is 42.3 Å². The van der Waals surface area contributed by atoms with Crippen molar-refractivity contribution in [3.8, 4) is 22.6 Å². The van der Waals surface area contributed by atoms with Gasteiger partial charge in [0.1, 0.15) is 23.9 Å². The van der Waals surface area contributed by atoms with Crippen LogP contribution in [0.2, 0.25) is 0 Å². The Morgan fingerprint density at radius 3 is 2.68 bits per heavy atom. The number of nitrogens with zero attached hydrogens (tertiary/aromatic N) is 5. The van der Waals surface area contributed by atoms with Gasteiger partial charge in [0, 0.05) is 24.6 Å². The molecule has 3 aromatic rings. The summed E-state index contributed by atoms with van der Waals surface area (Å²) in [5, 5.41) is 8.52. The first-order valence-corrected chi connectivity index (χ1v) is 9.10. The van der Waals surface area contributed by atoms with Crippen LogP contribution in [0.3, 0.4) is 0 Å². The van der Waals surface area contributed by atoms with Crippen LogP contribution < -0.4 is 0 Å². The SMILES string of the molecule is CCOCn1nnc(-c2ccc(F)cc2)c1-c1ccnc(S(C)=O)n1. The molecule has 2 aromatic heterocycles. The van der Waals surface area contributed by atoms with Gasteiger partial charge in [-0.2, -0.15) is 0 Å². The van der Waals surface area contributed by atoms with Gasteiger partial charge in [0.2, 0.25) is 5.16 Å². The first-order valence-electron chi connectivity index (χ1n) is 7.54. The molecular formula is C16H16FN5O2S. The van der Waals surface area contributed by atoms with E-state index in [4.69, 9.17) is 4.74 Å². The standard InChI is InChI=1S/C16H16FN5O2S/c1-3-24-10-22-15(13-8-9-18-16(19-13)25(2)23)14(20-21-22)11-4-6-12(17)7-5-11/h4-9H,3,10H2,1-2H3. The summed E-state index contributed by atoms with van der Waals surface area (Å²) >= 11 is 0. The molecule has 0 fully saturated rings. The Labute approximate surface area is 146 Å². The van der Waals surface area contributed by atoms with Gasteiger partial charge in [0.05, 0.1) is 16.5 Å². The maximum atomic E-state index is 13.2. The zero-order chi connectivity index (χ0) is 17.8. The second-order valence-corrected chi connectivity index (χ2v) is 6.37. The maximum Gasteiger partial charge on any atom is 0.218 e. The van der Waals surface area contributed by atoms with Crippen molar-refractivity contribution in [3.63, 3.8) is 0 Å². The number of benzene rings is 1. The molecule has 25 heavy (non-hydrogen) atoms. The van der Waals surface area contributed by atoms with E-state index in [1.165, 1.54) is 24.6 Å². The molecule has 0 bridgehead atoms. The van der Waals surface area contributed by atoms with E-state index in [1.54, 1.807) is 22.9 Å². The first kappa shape index (κ1) is 17.3. The van der Waals surface area contributed by atoms with Crippen molar-refractivity contribution in [2.24, 2.45) is 0 Å². The second kappa shape index (κ2) is 7.58. The molecule has 0 aliphatic heterocycles. The Balaban J connectivity index is 2.14. The zero-order valence-electron chi connectivity index (χ0n) is 13.7. The lowest BCUT2D eigenvalue weighted by Crippen LogP contribution is -2.08. The fourth-order valence-corrected chi connectivity index (χ4v) is 2.68. The summed E-state index contributed by atoms with van der Waals surface area (Å²) in [5.74, 6) is -0.335. The molecule has 0 spiro atoms. The van der Waals surface area contributed by atoms with E-state index < -0.39 is 10.8 Å². The molecule has 0 radical (unpaired) electrons. The normalized spacial score (nSPS) is 12.3. The van der Waals surface area contributed by atoms with E-state index in [2.05, 4.69) is 20.3 Å². The summed E-state index contributed by atoms with van der Waals surface area (Å²) in [6.45, 7) is 2.58. The molecule has 0 saturated heterocycles. The van der Waals surface area contributed by atoms with Gasteiger partial charge in [0.15, 0.2) is 0 Å². The highest BCUT2D eigenvalue weighted by molar-refractivity contribution is 7.84. The largest absolute Gasteiger partial charge is 0.359 e. The highest BCUT2D eigenvalue weighted by Crippen LogP contribution is 2.29. The van der Waals surface area contributed by atoms with Crippen molar-refractivity contribution < 1.29 is 13.3 Å². The van der Waals surface area contributed by atoms with Crippen LogP contribution in [0.25, 0.3) is 22.6 Å². The van der Waals surface area contributed by atoms with Gasteiger partial charge in [-0.1, -0.05) is 5.21 Å². The monoisotopic (exact) mass is 361 g/mol. The number of hydrogen-bond donors (Lipinski definition) is 0. The molecule has 2 heterocycles. The van der Waals surface area contributed by atoms with Gasteiger partial charge in [-0.15, -0.1) is 5.10 Å². The lowest BCUT2D eigenvalue weighted by atomic mass is 10.1. The van der Waals surface area contributed by atoms with E-state index in [-0.39, 0.29) is 17.7 Å². The van der Waals surface area contributed by atoms with Crippen LogP contribution in [0.5, 0.6) is 0 Å². The van der Waals surface area contributed by atoms with E-state index in [0.717, 1.165) is 0 Å². The predicted molar refractivity (Wildman–Crippen MR) is 90.4 cm³/mol. The highest BCUT2D eigenvalue weighted by atomic mass is 32.2. The topological polar surface area (TPSA) is 82.8 Å². The van der Waals surface area contributed by atoms with Gasteiger partial charge < -0.3 is 4.74 Å². The van der Waals surface area contributed by atoms with Crippen molar-refractivity contribution in [1.82, 2.24) is 25.0 Å². The van der Waals surface area contributed by atoms with Gasteiger partial charge in [0.25, 0.3) is 0 Å². The maximum absolute atomic E-state index is 13.2. The molecule has 7 nitrogen and oxygen atoms in total. The summed E-state index contributed by atoms with van der Waals surface area (Å²) in [5.41, 5.74) is 2.33. The Bertz CT molecular complexity index is 898. The fraction of sp³-hybridized carbons (Fsp3) is 0.250. The molecule has 1 aromatic carbocycles. The summed E-state index contributed by atoms with van der Waals surface area (Å²) in [6.07, 6.45) is 3.04. The van der Waals surface area contributed by atoms with E-state index >= 15 is 0 Å². The summed E-state index contributed by atoms with van der Waals surface area (Å²) in [6, 6.07) is 7.63. The van der Waals surface area contributed by atoms with Gasteiger partial charge >= 0.3 is 0 Å². The van der Waals surface area contributed by atoms with E-state index in [1.807, 2.05) is 6.92 Å². The third kappa shape index (κ3) is 3.77. The van der Waals surface area contributed by atoms with Crippen molar-refractivity contribution in [2.45, 2.75) is 18.8 Å². The van der Waals surface area contributed by atoms with Crippen molar-refractivity contribution in [1.29, 1.82) is 0 Å². The van der Waals surface area contributed by atoms with Crippen LogP contribution in [-0.2, 0) is 22.3 Å². The highest BCUT2D eigenvalue weighted by Gasteiger charge is 2.19. The minimum Gasteiger partial charge on any atom is -0.359 e. The molecule has 1 atom stereocenters. The Morgan fingerprint density at radius 2 is 2.00 bits per heavy atom. The second-order valence-electron chi connectivity index (χ2n) is 5.09. The molecule has 0 N–H and O–H groups in total. The number of aromatic nitrogens is 5. The van der Waals surface area contributed by atoms with Crippen LogP contribution in [-0.4, -0.2) is 42.0 Å². The summed E-state index contributed by atoms with van der Waals surface area (Å²) < 4.78 is 31.9. The average molecular weight is 361 g/mol. The van der Waals surface area contributed by atoms with Crippen LogP contribution in [0.1, 0.15) is 6.92 Å². The van der Waals surface area contributed by atoms with Crippen molar-refractivity contribution in [2.75, 3.05) is 12.9 Å². The van der Waals surface area contributed by atoms with Crippen LogP contribution in [0, 0.1) is 5.82 Å². The van der Waals surface area contributed by atoms with Gasteiger partial charge in [-0.3, -0.25) is 4.21 Å². The number of ether oxygens (including phenoxy) is 1.